The number of hydrogen-bond donors (Lipinski definition) is 2. The van der Waals surface area contributed by atoms with Gasteiger partial charge in [0.2, 0.25) is 0 Å². The minimum Gasteiger partial charge on any atom is -0.478 e. The van der Waals surface area contributed by atoms with E-state index in [1.54, 1.807) is 12.1 Å². The zero-order valence-electron chi connectivity index (χ0n) is 10.8. The first-order chi connectivity index (χ1) is 9.47. The predicted octanol–water partition coefficient (Wildman–Crippen LogP) is 3.58. The van der Waals surface area contributed by atoms with Crippen molar-refractivity contribution in [2.75, 3.05) is 5.32 Å². The van der Waals surface area contributed by atoms with Crippen LogP contribution in [-0.2, 0) is 6.54 Å². The van der Waals surface area contributed by atoms with Crippen LogP contribution in [0.1, 0.15) is 21.5 Å². The number of halogens is 2. The molecule has 2 aromatic carbocycles. The topological polar surface area (TPSA) is 49.3 Å². The summed E-state index contributed by atoms with van der Waals surface area (Å²) in [5.41, 5.74) is 1.29. The molecule has 2 N–H and O–H groups in total. The van der Waals surface area contributed by atoms with Crippen LogP contribution in [0.25, 0.3) is 0 Å². The molecule has 0 fully saturated rings. The Kier molecular flexibility index (Phi) is 3.98. The lowest BCUT2D eigenvalue weighted by Gasteiger charge is -2.10. The van der Waals surface area contributed by atoms with Gasteiger partial charge in [0.05, 0.1) is 11.3 Å². The molecule has 0 saturated carbocycles. The standard InChI is InChI=1S/C15H13F2NO2/c1-9-2-4-12(16)11(6-9)8-18-14-7-10(15(19)20)3-5-13(14)17/h2-7,18H,8H2,1H3,(H,19,20). The number of aromatic carboxylic acids is 1. The van der Waals surface area contributed by atoms with E-state index in [-0.39, 0.29) is 17.8 Å². The number of carboxylic acid groups (broad SMARTS) is 1. The second-order valence-corrected chi connectivity index (χ2v) is 4.45. The normalized spacial score (nSPS) is 10.3. The molecule has 0 radical (unpaired) electrons. The second-order valence-electron chi connectivity index (χ2n) is 4.45. The van der Waals surface area contributed by atoms with Crippen molar-refractivity contribution in [3.8, 4) is 0 Å². The van der Waals surface area contributed by atoms with Gasteiger partial charge in [-0.25, -0.2) is 13.6 Å². The molecule has 2 rings (SSSR count). The lowest BCUT2D eigenvalue weighted by atomic mass is 10.1. The van der Waals surface area contributed by atoms with Crippen LogP contribution >= 0.6 is 0 Å². The van der Waals surface area contributed by atoms with Gasteiger partial charge in [-0.2, -0.15) is 0 Å². The summed E-state index contributed by atoms with van der Waals surface area (Å²) in [6, 6.07) is 8.07. The molecule has 20 heavy (non-hydrogen) atoms. The third-order valence-corrected chi connectivity index (χ3v) is 2.88. The predicted molar refractivity (Wildman–Crippen MR) is 71.8 cm³/mol. The van der Waals surface area contributed by atoms with Crippen LogP contribution in [0.3, 0.4) is 0 Å². The third kappa shape index (κ3) is 3.12. The van der Waals surface area contributed by atoms with Crippen LogP contribution < -0.4 is 5.32 Å². The van der Waals surface area contributed by atoms with E-state index in [9.17, 15) is 13.6 Å². The summed E-state index contributed by atoms with van der Waals surface area (Å²) in [7, 11) is 0. The van der Waals surface area contributed by atoms with Crippen LogP contribution in [0.4, 0.5) is 14.5 Å². The van der Waals surface area contributed by atoms with Crippen molar-refractivity contribution in [1.82, 2.24) is 0 Å². The minimum atomic E-state index is -1.14. The molecule has 0 aliphatic rings. The number of carbonyl (C=O) groups is 1. The molecule has 0 unspecified atom stereocenters. The Hall–Kier alpha value is -2.43. The lowest BCUT2D eigenvalue weighted by Crippen LogP contribution is -2.05. The quantitative estimate of drug-likeness (QED) is 0.898. The van der Waals surface area contributed by atoms with Gasteiger partial charge < -0.3 is 10.4 Å². The first kappa shape index (κ1) is 14.0. The average molecular weight is 277 g/mol. The fraction of sp³-hybridized carbons (Fsp3) is 0.133. The Bertz CT molecular complexity index is 656. The number of benzene rings is 2. The Labute approximate surface area is 114 Å². The SMILES string of the molecule is Cc1ccc(F)c(CNc2cc(C(=O)O)ccc2F)c1. The highest BCUT2D eigenvalue weighted by molar-refractivity contribution is 5.88. The van der Waals surface area contributed by atoms with Crippen molar-refractivity contribution >= 4 is 11.7 Å². The van der Waals surface area contributed by atoms with Gasteiger partial charge in [-0.3, -0.25) is 0 Å². The van der Waals surface area contributed by atoms with Gasteiger partial charge in [0.1, 0.15) is 11.6 Å². The molecule has 0 aliphatic carbocycles. The summed E-state index contributed by atoms with van der Waals surface area (Å²) >= 11 is 0. The lowest BCUT2D eigenvalue weighted by molar-refractivity contribution is 0.0697. The van der Waals surface area contributed by atoms with Crippen LogP contribution in [0.2, 0.25) is 0 Å². The molecular formula is C15H13F2NO2. The summed E-state index contributed by atoms with van der Waals surface area (Å²) in [5, 5.41) is 11.6. The molecule has 0 bridgehead atoms. The van der Waals surface area contributed by atoms with Gasteiger partial charge in [-0.1, -0.05) is 17.7 Å². The van der Waals surface area contributed by atoms with E-state index >= 15 is 0 Å². The van der Waals surface area contributed by atoms with E-state index in [1.807, 2.05) is 6.92 Å². The van der Waals surface area contributed by atoms with Crippen molar-refractivity contribution in [3.05, 3.63) is 64.7 Å². The highest BCUT2D eigenvalue weighted by Gasteiger charge is 2.09. The Balaban J connectivity index is 2.20. The van der Waals surface area contributed by atoms with Crippen LogP contribution in [-0.4, -0.2) is 11.1 Å². The van der Waals surface area contributed by atoms with Crippen LogP contribution in [0.15, 0.2) is 36.4 Å². The second kappa shape index (κ2) is 5.69. The maximum atomic E-state index is 13.6. The summed E-state index contributed by atoms with van der Waals surface area (Å²) in [4.78, 5) is 10.8. The Morgan fingerprint density at radius 2 is 1.85 bits per heavy atom. The van der Waals surface area contributed by atoms with E-state index in [4.69, 9.17) is 5.11 Å². The number of anilines is 1. The van der Waals surface area contributed by atoms with E-state index in [0.29, 0.717) is 5.56 Å². The van der Waals surface area contributed by atoms with Gasteiger partial charge in [0, 0.05) is 12.1 Å². The van der Waals surface area contributed by atoms with Crippen molar-refractivity contribution in [1.29, 1.82) is 0 Å². The Morgan fingerprint density at radius 3 is 2.55 bits per heavy atom. The van der Waals surface area contributed by atoms with Gasteiger partial charge in [-0.15, -0.1) is 0 Å². The molecule has 5 heteroatoms. The molecule has 0 spiro atoms. The molecule has 104 valence electrons. The van der Waals surface area contributed by atoms with E-state index < -0.39 is 17.6 Å². The molecule has 0 amide bonds. The minimum absolute atomic E-state index is 0.0291. The van der Waals surface area contributed by atoms with Gasteiger partial charge in [0.25, 0.3) is 0 Å². The average Bonchev–Trinajstić information content (AvgIpc) is 2.41. The summed E-state index contributed by atoms with van der Waals surface area (Å²) in [6.07, 6.45) is 0. The molecule has 0 aliphatic heterocycles. The Morgan fingerprint density at radius 1 is 1.15 bits per heavy atom. The van der Waals surface area contributed by atoms with Gasteiger partial charge >= 0.3 is 5.97 Å². The smallest absolute Gasteiger partial charge is 0.335 e. The van der Waals surface area contributed by atoms with E-state index in [0.717, 1.165) is 11.6 Å². The zero-order valence-corrected chi connectivity index (χ0v) is 10.8. The van der Waals surface area contributed by atoms with Crippen molar-refractivity contribution < 1.29 is 18.7 Å². The van der Waals surface area contributed by atoms with E-state index in [2.05, 4.69) is 5.32 Å². The van der Waals surface area contributed by atoms with Crippen molar-refractivity contribution in [2.45, 2.75) is 13.5 Å². The highest BCUT2D eigenvalue weighted by atomic mass is 19.1. The first-order valence-corrected chi connectivity index (χ1v) is 5.99. The molecule has 0 saturated heterocycles. The summed E-state index contributed by atoms with van der Waals surface area (Å²) in [5.74, 6) is -2.12. The van der Waals surface area contributed by atoms with Gasteiger partial charge in [0.15, 0.2) is 0 Å². The fourth-order valence-corrected chi connectivity index (χ4v) is 1.82. The van der Waals surface area contributed by atoms with Crippen LogP contribution in [0, 0.1) is 18.6 Å². The molecule has 0 atom stereocenters. The highest BCUT2D eigenvalue weighted by Crippen LogP contribution is 2.18. The van der Waals surface area contributed by atoms with Gasteiger partial charge in [-0.05, 0) is 31.2 Å². The third-order valence-electron chi connectivity index (χ3n) is 2.88. The van der Waals surface area contributed by atoms with Crippen molar-refractivity contribution in [3.63, 3.8) is 0 Å². The summed E-state index contributed by atoms with van der Waals surface area (Å²) < 4.78 is 27.1. The molecule has 3 nitrogen and oxygen atoms in total. The fourth-order valence-electron chi connectivity index (χ4n) is 1.82. The monoisotopic (exact) mass is 277 g/mol. The molecule has 0 aromatic heterocycles. The number of aryl methyl sites for hydroxylation is 1. The number of hydrogen-bond acceptors (Lipinski definition) is 2. The molecule has 0 heterocycles. The van der Waals surface area contributed by atoms with Crippen LogP contribution in [0.5, 0.6) is 0 Å². The maximum Gasteiger partial charge on any atom is 0.335 e. The molecule has 2 aromatic rings. The maximum absolute atomic E-state index is 13.6. The number of rotatable bonds is 4. The zero-order chi connectivity index (χ0) is 14.7. The largest absolute Gasteiger partial charge is 0.478 e. The summed E-state index contributed by atoms with van der Waals surface area (Å²) in [6.45, 7) is 1.90. The number of nitrogens with one attached hydrogen (secondary N) is 1. The molecular weight excluding hydrogens is 264 g/mol. The van der Waals surface area contributed by atoms with E-state index in [1.165, 1.54) is 18.2 Å². The number of carboxylic acids is 1. The first-order valence-electron chi connectivity index (χ1n) is 5.99. The van der Waals surface area contributed by atoms with Crippen molar-refractivity contribution in [2.24, 2.45) is 0 Å².